The van der Waals surface area contributed by atoms with Crippen molar-refractivity contribution >= 4 is 17.3 Å². The van der Waals surface area contributed by atoms with E-state index in [9.17, 15) is 0 Å². The summed E-state index contributed by atoms with van der Waals surface area (Å²) in [4.78, 5) is 0. The third-order valence-corrected chi connectivity index (χ3v) is 3.62. The van der Waals surface area contributed by atoms with E-state index in [0.29, 0.717) is 16.5 Å². The molecule has 1 aliphatic rings. The molecule has 1 fully saturated rings. The summed E-state index contributed by atoms with van der Waals surface area (Å²) in [5.41, 5.74) is 7.14. The molecule has 0 aliphatic carbocycles. The van der Waals surface area contributed by atoms with E-state index in [1.165, 1.54) is 0 Å². The molecule has 0 unspecified atom stereocenters. The number of hydrogen-bond donors (Lipinski definition) is 1. The van der Waals surface area contributed by atoms with Gasteiger partial charge in [-0.25, -0.2) is 4.68 Å². The largest absolute Gasteiger partial charge is 0.398 e. The van der Waals surface area contributed by atoms with E-state index in [4.69, 9.17) is 22.1 Å². The number of nitrogens with zero attached hydrogens (tertiary/aromatic N) is 4. The minimum Gasteiger partial charge on any atom is -0.398 e. The lowest BCUT2D eigenvalue weighted by Gasteiger charge is -2.22. The Labute approximate surface area is 115 Å². The van der Waals surface area contributed by atoms with Crippen LogP contribution in [0.2, 0.25) is 5.02 Å². The standard InChI is InChI=1S/C12H14ClN5O/c13-10-7-8(1-2-11(10)14)12-15-16-17-18(12)9-3-5-19-6-4-9/h1-2,7,9H,3-6,14H2. The normalized spacial score (nSPS) is 16.7. The van der Waals surface area contributed by atoms with Crippen molar-refractivity contribution in [3.63, 3.8) is 0 Å². The number of ether oxygens (including phenoxy) is 1. The molecule has 0 bridgehead atoms. The second-order valence-electron chi connectivity index (χ2n) is 4.53. The molecule has 19 heavy (non-hydrogen) atoms. The highest BCUT2D eigenvalue weighted by atomic mass is 35.5. The SMILES string of the molecule is Nc1ccc(-c2nnnn2C2CCOCC2)cc1Cl. The zero-order chi connectivity index (χ0) is 13.2. The Morgan fingerprint density at radius 1 is 1.32 bits per heavy atom. The highest BCUT2D eigenvalue weighted by Gasteiger charge is 2.21. The minimum absolute atomic E-state index is 0.273. The Morgan fingerprint density at radius 2 is 2.11 bits per heavy atom. The van der Waals surface area contributed by atoms with Gasteiger partial charge < -0.3 is 10.5 Å². The molecule has 0 spiro atoms. The van der Waals surface area contributed by atoms with Gasteiger partial charge in [-0.3, -0.25) is 0 Å². The molecule has 1 saturated heterocycles. The molecule has 0 radical (unpaired) electrons. The molecule has 6 nitrogen and oxygen atoms in total. The zero-order valence-electron chi connectivity index (χ0n) is 10.3. The number of hydrogen-bond acceptors (Lipinski definition) is 5. The van der Waals surface area contributed by atoms with Crippen LogP contribution >= 0.6 is 11.6 Å². The van der Waals surface area contributed by atoms with Gasteiger partial charge >= 0.3 is 0 Å². The topological polar surface area (TPSA) is 78.9 Å². The summed E-state index contributed by atoms with van der Waals surface area (Å²) in [5, 5.41) is 12.5. The first kappa shape index (κ1) is 12.4. The van der Waals surface area contributed by atoms with Gasteiger partial charge in [-0.1, -0.05) is 11.6 Å². The number of aromatic nitrogens is 4. The van der Waals surface area contributed by atoms with Gasteiger partial charge in [0.25, 0.3) is 0 Å². The summed E-state index contributed by atoms with van der Waals surface area (Å²) in [6.07, 6.45) is 1.83. The van der Waals surface area contributed by atoms with Crippen LogP contribution in [0.5, 0.6) is 0 Å². The second kappa shape index (κ2) is 5.14. The van der Waals surface area contributed by atoms with E-state index in [2.05, 4.69) is 15.5 Å². The zero-order valence-corrected chi connectivity index (χ0v) is 11.0. The Kier molecular flexibility index (Phi) is 3.35. The highest BCUT2D eigenvalue weighted by molar-refractivity contribution is 6.33. The molecule has 1 aromatic heterocycles. The first-order chi connectivity index (χ1) is 9.25. The molecular formula is C12H14ClN5O. The maximum Gasteiger partial charge on any atom is 0.182 e. The van der Waals surface area contributed by atoms with Crippen molar-refractivity contribution in [1.29, 1.82) is 0 Å². The van der Waals surface area contributed by atoms with Gasteiger partial charge in [-0.05, 0) is 41.5 Å². The van der Waals surface area contributed by atoms with Crippen molar-refractivity contribution in [3.8, 4) is 11.4 Å². The van der Waals surface area contributed by atoms with Gasteiger partial charge in [-0.15, -0.1) is 5.10 Å². The monoisotopic (exact) mass is 279 g/mol. The Bertz CT molecular complexity index is 579. The van der Waals surface area contributed by atoms with Crippen LogP contribution in [0.15, 0.2) is 18.2 Å². The fraction of sp³-hybridized carbons (Fsp3) is 0.417. The molecule has 2 aromatic rings. The Morgan fingerprint density at radius 3 is 2.84 bits per heavy atom. The lowest BCUT2D eigenvalue weighted by molar-refractivity contribution is 0.0662. The highest BCUT2D eigenvalue weighted by Crippen LogP contribution is 2.29. The fourth-order valence-corrected chi connectivity index (χ4v) is 2.41. The van der Waals surface area contributed by atoms with Crippen LogP contribution in [0, 0.1) is 0 Å². The first-order valence-electron chi connectivity index (χ1n) is 6.16. The van der Waals surface area contributed by atoms with E-state index in [-0.39, 0.29) is 6.04 Å². The van der Waals surface area contributed by atoms with Crippen LogP contribution in [0.25, 0.3) is 11.4 Å². The van der Waals surface area contributed by atoms with E-state index >= 15 is 0 Å². The van der Waals surface area contributed by atoms with Crippen molar-refractivity contribution in [2.24, 2.45) is 0 Å². The van der Waals surface area contributed by atoms with Gasteiger partial charge in [0.2, 0.25) is 0 Å². The molecule has 0 amide bonds. The minimum atomic E-state index is 0.273. The van der Waals surface area contributed by atoms with E-state index in [1.54, 1.807) is 12.1 Å². The summed E-state index contributed by atoms with van der Waals surface area (Å²) in [6.45, 7) is 1.49. The van der Waals surface area contributed by atoms with Crippen LogP contribution in [0.1, 0.15) is 18.9 Å². The predicted molar refractivity (Wildman–Crippen MR) is 71.8 cm³/mol. The van der Waals surface area contributed by atoms with Gasteiger partial charge in [-0.2, -0.15) is 0 Å². The summed E-state index contributed by atoms with van der Waals surface area (Å²) in [7, 11) is 0. The predicted octanol–water partition coefficient (Wildman–Crippen LogP) is 1.93. The van der Waals surface area contributed by atoms with Crippen LogP contribution in [0.4, 0.5) is 5.69 Å². The van der Waals surface area contributed by atoms with Gasteiger partial charge in [0.15, 0.2) is 5.82 Å². The lowest BCUT2D eigenvalue weighted by Crippen LogP contribution is -2.21. The van der Waals surface area contributed by atoms with Crippen LogP contribution in [-0.2, 0) is 4.74 Å². The fourth-order valence-electron chi connectivity index (χ4n) is 2.23. The summed E-state index contributed by atoms with van der Waals surface area (Å²) < 4.78 is 7.21. The summed E-state index contributed by atoms with van der Waals surface area (Å²) in [6, 6.07) is 5.71. The smallest absolute Gasteiger partial charge is 0.182 e. The molecule has 1 aromatic carbocycles. The van der Waals surface area contributed by atoms with Crippen LogP contribution in [-0.4, -0.2) is 33.4 Å². The quantitative estimate of drug-likeness (QED) is 0.850. The number of nitrogen functional groups attached to an aromatic ring is 1. The third kappa shape index (κ3) is 2.41. The van der Waals surface area contributed by atoms with Crippen molar-refractivity contribution in [2.45, 2.75) is 18.9 Å². The number of rotatable bonds is 2. The molecule has 2 N–H and O–H groups in total. The third-order valence-electron chi connectivity index (χ3n) is 3.29. The number of nitrogens with two attached hydrogens (primary N) is 1. The van der Waals surface area contributed by atoms with E-state index in [1.807, 2.05) is 10.7 Å². The number of halogens is 1. The average Bonchev–Trinajstić information content (AvgIpc) is 2.92. The summed E-state index contributed by atoms with van der Waals surface area (Å²) >= 11 is 6.05. The Hall–Kier alpha value is -1.66. The van der Waals surface area contributed by atoms with E-state index < -0.39 is 0 Å². The van der Waals surface area contributed by atoms with Crippen molar-refractivity contribution in [1.82, 2.24) is 20.2 Å². The van der Waals surface area contributed by atoms with Crippen LogP contribution in [0.3, 0.4) is 0 Å². The first-order valence-corrected chi connectivity index (χ1v) is 6.54. The van der Waals surface area contributed by atoms with Crippen molar-refractivity contribution in [3.05, 3.63) is 23.2 Å². The molecule has 0 atom stereocenters. The second-order valence-corrected chi connectivity index (χ2v) is 4.93. The maximum absolute atomic E-state index is 6.05. The average molecular weight is 280 g/mol. The molecule has 2 heterocycles. The molecule has 100 valence electrons. The number of benzene rings is 1. The Balaban J connectivity index is 1.96. The number of tetrazole rings is 1. The van der Waals surface area contributed by atoms with Gasteiger partial charge in [0.1, 0.15) is 0 Å². The number of anilines is 1. The molecule has 3 rings (SSSR count). The molecule has 0 saturated carbocycles. The van der Waals surface area contributed by atoms with Gasteiger partial charge in [0.05, 0.1) is 16.8 Å². The molecule has 1 aliphatic heterocycles. The van der Waals surface area contributed by atoms with Crippen LogP contribution < -0.4 is 5.73 Å². The van der Waals surface area contributed by atoms with Crippen molar-refractivity contribution in [2.75, 3.05) is 18.9 Å². The van der Waals surface area contributed by atoms with Gasteiger partial charge in [0, 0.05) is 18.8 Å². The summed E-state index contributed by atoms with van der Waals surface area (Å²) in [5.74, 6) is 0.716. The lowest BCUT2D eigenvalue weighted by atomic mass is 10.1. The molecular weight excluding hydrogens is 266 g/mol. The van der Waals surface area contributed by atoms with E-state index in [0.717, 1.165) is 31.6 Å². The maximum atomic E-state index is 6.05. The molecule has 7 heteroatoms. The van der Waals surface area contributed by atoms with Crippen molar-refractivity contribution < 1.29 is 4.74 Å².